The average molecular weight is 659 g/mol. The number of halogens is 4. The second kappa shape index (κ2) is 12.8. The van der Waals surface area contributed by atoms with Crippen LogP contribution in [0.5, 0.6) is 0 Å². The zero-order valence-electron chi connectivity index (χ0n) is 24.6. The van der Waals surface area contributed by atoms with Gasteiger partial charge in [-0.3, -0.25) is 29.2 Å². The Kier molecular flexibility index (Phi) is 8.66. The first kappa shape index (κ1) is 31.7. The summed E-state index contributed by atoms with van der Waals surface area (Å²) in [4.78, 5) is 52.7. The highest BCUT2D eigenvalue weighted by Crippen LogP contribution is 2.40. The van der Waals surface area contributed by atoms with Crippen molar-refractivity contribution in [1.82, 2.24) is 15.3 Å². The van der Waals surface area contributed by atoms with Gasteiger partial charge in [0, 0.05) is 65.7 Å². The van der Waals surface area contributed by atoms with Crippen molar-refractivity contribution >= 4 is 40.8 Å². The second-order valence-corrected chi connectivity index (χ2v) is 11.8. The number of nitrogens with one attached hydrogen (secondary N) is 1. The number of hydrogen-bond donors (Lipinski definition) is 1. The number of hydrogen-bond acceptors (Lipinski definition) is 6. The molecule has 6 rings (SSSR count). The van der Waals surface area contributed by atoms with E-state index in [2.05, 4.69) is 15.3 Å². The Labute approximate surface area is 272 Å². The van der Waals surface area contributed by atoms with E-state index in [0.29, 0.717) is 11.1 Å². The highest BCUT2D eigenvalue weighted by molar-refractivity contribution is 6.31. The fourth-order valence-corrected chi connectivity index (χ4v) is 6.18. The molecule has 2 atom stereocenters. The summed E-state index contributed by atoms with van der Waals surface area (Å²) in [5.41, 5.74) is 1.16. The van der Waals surface area contributed by atoms with E-state index >= 15 is 4.39 Å². The second-order valence-electron chi connectivity index (χ2n) is 11.4. The summed E-state index contributed by atoms with van der Waals surface area (Å²) in [6.45, 7) is 0. The van der Waals surface area contributed by atoms with Crippen LogP contribution >= 0.6 is 11.6 Å². The minimum absolute atomic E-state index is 0.0170. The molecule has 1 saturated heterocycles. The summed E-state index contributed by atoms with van der Waals surface area (Å²) in [7, 11) is 0. The number of benzene rings is 2. The third-order valence-corrected chi connectivity index (χ3v) is 8.50. The van der Waals surface area contributed by atoms with Crippen molar-refractivity contribution in [1.29, 1.82) is 5.26 Å². The molecule has 2 aromatic carbocycles. The molecule has 2 fully saturated rings. The largest absolute Gasteiger partial charge is 0.351 e. The monoisotopic (exact) mass is 658 g/mol. The first-order valence-electron chi connectivity index (χ1n) is 14.7. The SMILES string of the molecule is N#Cc1ccnc(N2C(=O)CC[C@H]2C(=O)N(c2cc(F)cc(-c3cccnc3)c2)C(C(=O)NC2CC(F)(F)C2)c2ccccc2Cl)c1. The third kappa shape index (κ3) is 6.53. The molecule has 1 aliphatic heterocycles. The zero-order valence-corrected chi connectivity index (χ0v) is 25.4. The van der Waals surface area contributed by atoms with Crippen molar-refractivity contribution < 1.29 is 27.6 Å². The van der Waals surface area contributed by atoms with Crippen molar-refractivity contribution in [2.75, 3.05) is 9.80 Å². The normalized spacial score (nSPS) is 17.8. The average Bonchev–Trinajstić information content (AvgIpc) is 3.44. The molecule has 2 aromatic heterocycles. The number of amides is 3. The number of carbonyl (C=O) groups excluding carboxylic acids is 3. The first-order valence-corrected chi connectivity index (χ1v) is 15.1. The van der Waals surface area contributed by atoms with Crippen molar-refractivity contribution in [2.24, 2.45) is 0 Å². The van der Waals surface area contributed by atoms with Gasteiger partial charge in [-0.1, -0.05) is 35.9 Å². The van der Waals surface area contributed by atoms with E-state index < -0.39 is 60.4 Å². The Morgan fingerprint density at radius 1 is 1.06 bits per heavy atom. The van der Waals surface area contributed by atoms with Crippen LogP contribution in [0.2, 0.25) is 5.02 Å². The molecule has 9 nitrogen and oxygen atoms in total. The van der Waals surface area contributed by atoms with Gasteiger partial charge in [-0.25, -0.2) is 18.2 Å². The van der Waals surface area contributed by atoms with Crippen molar-refractivity contribution in [2.45, 2.75) is 49.7 Å². The van der Waals surface area contributed by atoms with E-state index in [9.17, 15) is 28.4 Å². The van der Waals surface area contributed by atoms with Gasteiger partial charge in [-0.2, -0.15) is 5.26 Å². The molecule has 1 N–H and O–H groups in total. The lowest BCUT2D eigenvalue weighted by atomic mass is 9.87. The number of alkyl halides is 2. The van der Waals surface area contributed by atoms with Crippen LogP contribution in [0.4, 0.5) is 24.7 Å². The van der Waals surface area contributed by atoms with Crippen molar-refractivity contribution in [3.05, 3.63) is 107 Å². The lowest BCUT2D eigenvalue weighted by Gasteiger charge is -2.39. The summed E-state index contributed by atoms with van der Waals surface area (Å²) in [5.74, 6) is -5.67. The fraction of sp³-hybridized carbons (Fsp3) is 0.235. The Balaban J connectivity index is 1.51. The molecule has 3 heterocycles. The molecule has 47 heavy (non-hydrogen) atoms. The number of aromatic nitrogens is 2. The molecular formula is C34H26ClF3N6O3. The van der Waals surface area contributed by atoms with Gasteiger partial charge >= 0.3 is 0 Å². The van der Waals surface area contributed by atoms with Crippen LogP contribution in [0, 0.1) is 17.1 Å². The summed E-state index contributed by atoms with van der Waals surface area (Å²) < 4.78 is 43.0. The minimum atomic E-state index is -2.94. The van der Waals surface area contributed by atoms with Gasteiger partial charge in [0.15, 0.2) is 0 Å². The van der Waals surface area contributed by atoms with E-state index in [1.54, 1.807) is 30.5 Å². The third-order valence-electron chi connectivity index (χ3n) is 8.15. The zero-order chi connectivity index (χ0) is 33.3. The lowest BCUT2D eigenvalue weighted by molar-refractivity contribution is -0.133. The molecule has 1 saturated carbocycles. The maximum absolute atomic E-state index is 15.4. The highest BCUT2D eigenvalue weighted by atomic mass is 35.5. The van der Waals surface area contributed by atoms with Crippen LogP contribution in [0.3, 0.4) is 0 Å². The molecule has 1 aliphatic carbocycles. The highest BCUT2D eigenvalue weighted by Gasteiger charge is 2.48. The topological polar surface area (TPSA) is 119 Å². The predicted octanol–water partition coefficient (Wildman–Crippen LogP) is 5.99. The number of nitriles is 1. The maximum atomic E-state index is 15.4. The van der Waals surface area contributed by atoms with E-state index in [1.165, 1.54) is 48.8 Å². The quantitative estimate of drug-likeness (QED) is 0.248. The molecule has 2 aliphatic rings. The van der Waals surface area contributed by atoms with Gasteiger partial charge in [0.1, 0.15) is 23.7 Å². The first-order chi connectivity index (χ1) is 22.5. The van der Waals surface area contributed by atoms with E-state index in [1.807, 2.05) is 6.07 Å². The van der Waals surface area contributed by atoms with Gasteiger partial charge in [0.2, 0.25) is 11.8 Å². The van der Waals surface area contributed by atoms with Crippen LogP contribution in [0.15, 0.2) is 85.3 Å². The molecule has 0 radical (unpaired) electrons. The summed E-state index contributed by atoms with van der Waals surface area (Å²) in [5, 5.41) is 12.2. The van der Waals surface area contributed by atoms with Gasteiger partial charge < -0.3 is 5.32 Å². The van der Waals surface area contributed by atoms with Crippen LogP contribution < -0.4 is 15.1 Å². The lowest BCUT2D eigenvalue weighted by Crippen LogP contribution is -2.56. The summed E-state index contributed by atoms with van der Waals surface area (Å²) >= 11 is 6.60. The van der Waals surface area contributed by atoms with E-state index in [4.69, 9.17) is 11.6 Å². The van der Waals surface area contributed by atoms with Gasteiger partial charge in [-0.15, -0.1) is 0 Å². The molecule has 238 valence electrons. The Morgan fingerprint density at radius 3 is 2.55 bits per heavy atom. The van der Waals surface area contributed by atoms with Crippen molar-refractivity contribution in [3.8, 4) is 17.2 Å². The van der Waals surface area contributed by atoms with Crippen LogP contribution in [0.1, 0.15) is 42.9 Å². The fourth-order valence-electron chi connectivity index (χ4n) is 5.94. The van der Waals surface area contributed by atoms with Crippen molar-refractivity contribution in [3.63, 3.8) is 0 Å². The number of anilines is 2. The number of pyridine rings is 2. The molecule has 0 bridgehead atoms. The Morgan fingerprint density at radius 2 is 1.85 bits per heavy atom. The Hall–Kier alpha value is -5.28. The van der Waals surface area contributed by atoms with Gasteiger partial charge in [0.05, 0.1) is 11.6 Å². The van der Waals surface area contributed by atoms with E-state index in [-0.39, 0.29) is 40.5 Å². The Bertz CT molecular complexity index is 1900. The molecule has 4 aromatic rings. The van der Waals surface area contributed by atoms with E-state index in [0.717, 1.165) is 15.9 Å². The summed E-state index contributed by atoms with van der Waals surface area (Å²) in [6.07, 6.45) is 3.18. The molecule has 1 unspecified atom stereocenters. The molecule has 3 amide bonds. The summed E-state index contributed by atoms with van der Waals surface area (Å²) in [6, 6.07) is 14.5. The standard InChI is InChI=1S/C34H26ClF3N6O3/c35-27-6-2-1-5-26(27)31(32(46)42-24-16-34(37,38)17-24)43(25-14-22(13-23(36)15-25)21-4-3-10-40-19-21)33(47)28-7-8-30(45)44(28)29-12-20(18-39)9-11-41-29/h1-6,9-15,19,24,28,31H,7-8,16-17H2,(H,42,46)/t28-,31?/m0/s1. The molecular weight excluding hydrogens is 633 g/mol. The van der Waals surface area contributed by atoms with Gasteiger partial charge in [0.25, 0.3) is 11.8 Å². The van der Waals surface area contributed by atoms with Crippen LogP contribution in [0.25, 0.3) is 11.1 Å². The van der Waals surface area contributed by atoms with Crippen LogP contribution in [-0.4, -0.2) is 45.7 Å². The number of rotatable bonds is 8. The minimum Gasteiger partial charge on any atom is -0.351 e. The molecule has 13 heteroatoms. The maximum Gasteiger partial charge on any atom is 0.252 e. The smallest absolute Gasteiger partial charge is 0.252 e. The number of nitrogens with zero attached hydrogens (tertiary/aromatic N) is 5. The number of carbonyl (C=O) groups is 3. The molecule has 0 spiro atoms. The predicted molar refractivity (Wildman–Crippen MR) is 167 cm³/mol. The van der Waals surface area contributed by atoms with Crippen LogP contribution in [-0.2, 0) is 14.4 Å². The van der Waals surface area contributed by atoms with Gasteiger partial charge in [-0.05, 0) is 54.4 Å².